The van der Waals surface area contributed by atoms with Crippen molar-refractivity contribution in [1.29, 1.82) is 0 Å². The Labute approximate surface area is 87.8 Å². The topological polar surface area (TPSA) is 17.1 Å². The zero-order chi connectivity index (χ0) is 7.11. The van der Waals surface area contributed by atoms with Gasteiger partial charge in [-0.2, -0.15) is 0 Å². The van der Waals surface area contributed by atoms with Crippen molar-refractivity contribution in [1.82, 2.24) is 0 Å². The van der Waals surface area contributed by atoms with Crippen molar-refractivity contribution >= 4 is 5.78 Å². The summed E-state index contributed by atoms with van der Waals surface area (Å²) < 4.78 is 0. The van der Waals surface area contributed by atoms with Gasteiger partial charge in [0.2, 0.25) is 0 Å². The quantitative estimate of drug-likeness (QED) is 0.338. The molecule has 0 spiro atoms. The van der Waals surface area contributed by atoms with Gasteiger partial charge >= 0.3 is 0 Å². The van der Waals surface area contributed by atoms with E-state index in [0.717, 1.165) is 25.3 Å². The maximum atomic E-state index is 10.5. The molecule has 61 valence electrons. The number of halogens is 1. The Hall–Kier alpha value is 0.323. The smallest absolute Gasteiger partial charge is 0.155 e. The summed E-state index contributed by atoms with van der Waals surface area (Å²) in [6.07, 6.45) is 5.01. The summed E-state index contributed by atoms with van der Waals surface area (Å²) in [4.78, 5) is 10.5. The van der Waals surface area contributed by atoms with Gasteiger partial charge in [0.25, 0.3) is 0 Å². The summed E-state index contributed by atoms with van der Waals surface area (Å²) in [5, 5.41) is 0. The van der Waals surface area contributed by atoms with E-state index in [4.69, 9.17) is 6.58 Å². The Bertz CT molecular complexity index is 104. The molecule has 0 aliphatic rings. The number of ketones is 1. The van der Waals surface area contributed by atoms with Crippen molar-refractivity contribution in [3.8, 4) is 0 Å². The van der Waals surface area contributed by atoms with Crippen LogP contribution in [0.15, 0.2) is 6.08 Å². The third-order valence-electron chi connectivity index (χ3n) is 1.21. The van der Waals surface area contributed by atoms with Gasteiger partial charge in [0.15, 0.2) is 5.78 Å². The van der Waals surface area contributed by atoms with Crippen LogP contribution in [0.5, 0.6) is 0 Å². The van der Waals surface area contributed by atoms with Crippen molar-refractivity contribution in [2.75, 3.05) is 0 Å². The van der Waals surface area contributed by atoms with Gasteiger partial charge < -0.3 is 12.4 Å². The number of unbranched alkanes of at least 4 members (excludes halogenated alkanes) is 2. The molecule has 0 atom stereocenters. The predicted octanol–water partition coefficient (Wildman–Crippen LogP) is -0.874. The minimum absolute atomic E-state index is 0. The van der Waals surface area contributed by atoms with E-state index >= 15 is 0 Å². The second-order valence-electron chi connectivity index (χ2n) is 2.09. The average molecular weight is 226 g/mol. The molecule has 0 aliphatic carbocycles. The maximum absolute atomic E-state index is 10.5. The summed E-state index contributed by atoms with van der Waals surface area (Å²) in [6.45, 7) is 7.09. The van der Waals surface area contributed by atoms with Gasteiger partial charge in [0, 0.05) is 25.9 Å². The van der Waals surface area contributed by atoms with Crippen LogP contribution in [0.25, 0.3) is 0 Å². The number of carbonyl (C=O) groups is 1. The summed E-state index contributed by atoms with van der Waals surface area (Å²) in [6, 6.07) is 0. The van der Waals surface area contributed by atoms with E-state index in [-0.39, 0.29) is 37.7 Å². The van der Waals surface area contributed by atoms with E-state index in [0.29, 0.717) is 6.42 Å². The van der Waals surface area contributed by atoms with Crippen LogP contribution in [0, 0.1) is 6.58 Å². The molecule has 0 rings (SSSR count). The van der Waals surface area contributed by atoms with E-state index in [1.165, 1.54) is 0 Å². The Morgan fingerprint density at radius 2 is 2.00 bits per heavy atom. The fourth-order valence-corrected chi connectivity index (χ4v) is 0.633. The molecule has 0 aromatic rings. The number of hydrogen-bond acceptors (Lipinski definition) is 1. The van der Waals surface area contributed by atoms with Gasteiger partial charge in [0.05, 0.1) is 0 Å². The molecule has 0 saturated carbocycles. The number of allylic oxidation sites excluding steroid dienone is 1. The van der Waals surface area contributed by atoms with Crippen LogP contribution >= 0.6 is 0 Å². The third-order valence-corrected chi connectivity index (χ3v) is 1.21. The van der Waals surface area contributed by atoms with Crippen molar-refractivity contribution in [3.63, 3.8) is 0 Å². The summed E-state index contributed by atoms with van der Waals surface area (Å²) in [5.74, 6) is 0.0588. The van der Waals surface area contributed by atoms with E-state index < -0.39 is 0 Å². The average Bonchev–Trinajstić information content (AvgIpc) is 1.89. The van der Waals surface area contributed by atoms with Gasteiger partial charge in [-0.1, -0.05) is 26.3 Å². The molecule has 0 N–H and O–H groups in total. The summed E-state index contributed by atoms with van der Waals surface area (Å²) >= 11 is 0. The van der Waals surface area contributed by atoms with Gasteiger partial charge in [-0.25, -0.2) is 0 Å². The molecule has 0 aromatic carbocycles. The first-order valence-corrected chi connectivity index (χ1v) is 3.39. The van der Waals surface area contributed by atoms with E-state index in [1.807, 2.05) is 0 Å². The molecular formula is C8H13ClOZn-. The van der Waals surface area contributed by atoms with Crippen molar-refractivity contribution in [2.24, 2.45) is 0 Å². The van der Waals surface area contributed by atoms with Gasteiger partial charge in [-0.3, -0.25) is 4.79 Å². The molecule has 1 nitrogen and oxygen atoms in total. The van der Waals surface area contributed by atoms with E-state index in [1.54, 1.807) is 0 Å². The van der Waals surface area contributed by atoms with Gasteiger partial charge in [-0.05, 0) is 12.5 Å². The number of carbonyl (C=O) groups excluding carboxylic acids is 1. The molecule has 0 aliphatic heterocycles. The van der Waals surface area contributed by atoms with Gasteiger partial charge in [-0.15, -0.1) is 0 Å². The monoisotopic (exact) mass is 224 g/mol. The fourth-order valence-electron chi connectivity index (χ4n) is 0.633. The molecule has 0 bridgehead atoms. The SMILES string of the molecule is [CH]=CC(=O)CCCCC.[Cl-].[Zn]. The van der Waals surface area contributed by atoms with Crippen LogP contribution in [0.1, 0.15) is 32.6 Å². The summed E-state index contributed by atoms with van der Waals surface area (Å²) in [7, 11) is 0. The van der Waals surface area contributed by atoms with Crippen LogP contribution in [-0.2, 0) is 24.3 Å². The normalized spacial score (nSPS) is 7.36. The number of rotatable bonds is 5. The summed E-state index contributed by atoms with van der Waals surface area (Å²) in [5.41, 5.74) is 0. The first kappa shape index (κ1) is 17.4. The molecule has 0 unspecified atom stereocenters. The predicted molar refractivity (Wildman–Crippen MR) is 38.0 cm³/mol. The Kier molecular flexibility index (Phi) is 20.5. The minimum atomic E-state index is 0. The zero-order valence-electron chi connectivity index (χ0n) is 6.98. The largest absolute Gasteiger partial charge is 1.00 e. The van der Waals surface area contributed by atoms with Crippen molar-refractivity contribution < 1.29 is 36.7 Å². The van der Waals surface area contributed by atoms with Crippen LogP contribution in [0.2, 0.25) is 0 Å². The first-order chi connectivity index (χ1) is 4.31. The van der Waals surface area contributed by atoms with Crippen LogP contribution in [-0.4, -0.2) is 5.78 Å². The van der Waals surface area contributed by atoms with Gasteiger partial charge in [0.1, 0.15) is 0 Å². The molecule has 0 heterocycles. The fraction of sp³-hybridized carbons (Fsp3) is 0.625. The van der Waals surface area contributed by atoms with Crippen LogP contribution in [0.3, 0.4) is 0 Å². The molecule has 0 fully saturated rings. The standard InChI is InChI=1S/C8H13O.ClH.Zn/c1-3-5-6-7-8(9)4-2;;/h2,4H,3,5-7H2,1H3;1H;/p-1. The van der Waals surface area contributed by atoms with Crippen LogP contribution in [0.4, 0.5) is 0 Å². The zero-order valence-corrected chi connectivity index (χ0v) is 10.7. The molecule has 11 heavy (non-hydrogen) atoms. The number of hydrogen-bond donors (Lipinski definition) is 0. The molecular weight excluding hydrogens is 213 g/mol. The van der Waals surface area contributed by atoms with Crippen LogP contribution < -0.4 is 12.4 Å². The van der Waals surface area contributed by atoms with Crippen molar-refractivity contribution in [2.45, 2.75) is 32.6 Å². The molecule has 0 amide bonds. The van der Waals surface area contributed by atoms with E-state index in [9.17, 15) is 4.79 Å². The molecule has 0 aromatic heterocycles. The van der Waals surface area contributed by atoms with E-state index in [2.05, 4.69) is 6.92 Å². The Balaban J connectivity index is -0.000000320. The Morgan fingerprint density at radius 1 is 1.45 bits per heavy atom. The minimum Gasteiger partial charge on any atom is -1.00 e. The third kappa shape index (κ3) is 13.3. The first-order valence-electron chi connectivity index (χ1n) is 3.39. The second-order valence-corrected chi connectivity index (χ2v) is 2.09. The molecule has 1 radical (unpaired) electrons. The van der Waals surface area contributed by atoms with Crippen molar-refractivity contribution in [3.05, 3.63) is 12.7 Å². The second kappa shape index (κ2) is 13.0. The molecule has 0 saturated heterocycles. The maximum Gasteiger partial charge on any atom is 0.155 e. The molecule has 3 heteroatoms. The Morgan fingerprint density at radius 3 is 2.36 bits per heavy atom.